The van der Waals surface area contributed by atoms with Gasteiger partial charge in [-0.2, -0.15) is 5.10 Å². The van der Waals surface area contributed by atoms with Crippen LogP contribution >= 0.6 is 23.1 Å². The third-order valence-electron chi connectivity index (χ3n) is 3.36. The summed E-state index contributed by atoms with van der Waals surface area (Å²) in [4.78, 5) is 4.11. The molecular formula is C14H11N3S2. The van der Waals surface area contributed by atoms with Gasteiger partial charge < -0.3 is 0 Å². The Morgan fingerprint density at radius 2 is 2.11 bits per heavy atom. The predicted molar refractivity (Wildman–Crippen MR) is 77.6 cm³/mol. The quantitative estimate of drug-likeness (QED) is 0.684. The van der Waals surface area contributed by atoms with Crippen LogP contribution in [0.4, 0.5) is 0 Å². The number of hydrogen-bond acceptors (Lipinski definition) is 4. The molecule has 1 aromatic carbocycles. The van der Waals surface area contributed by atoms with E-state index in [1.54, 1.807) is 12.7 Å². The van der Waals surface area contributed by atoms with Crippen LogP contribution in [0.15, 0.2) is 52.6 Å². The molecular weight excluding hydrogens is 274 g/mol. The molecule has 3 aromatic rings. The van der Waals surface area contributed by atoms with Gasteiger partial charge in [-0.3, -0.25) is 0 Å². The van der Waals surface area contributed by atoms with Gasteiger partial charge in [-0.1, -0.05) is 24.3 Å². The second-order valence-electron chi connectivity index (χ2n) is 4.43. The molecule has 0 fully saturated rings. The Balaban J connectivity index is 1.98. The molecule has 0 radical (unpaired) electrons. The zero-order chi connectivity index (χ0) is 12.7. The van der Waals surface area contributed by atoms with Crippen LogP contribution < -0.4 is 0 Å². The second-order valence-corrected chi connectivity index (χ2v) is 6.59. The molecule has 0 N–H and O–H groups in total. The van der Waals surface area contributed by atoms with Gasteiger partial charge in [-0.15, -0.1) is 23.1 Å². The van der Waals surface area contributed by atoms with Crippen molar-refractivity contribution in [3.63, 3.8) is 0 Å². The molecule has 2 aromatic heterocycles. The molecule has 0 saturated heterocycles. The Morgan fingerprint density at radius 3 is 3.00 bits per heavy atom. The monoisotopic (exact) mass is 285 g/mol. The lowest BCUT2D eigenvalue weighted by Crippen LogP contribution is -2.13. The summed E-state index contributed by atoms with van der Waals surface area (Å²) in [6, 6.07) is 11.0. The molecule has 1 aliphatic heterocycles. The van der Waals surface area contributed by atoms with Gasteiger partial charge in [0.1, 0.15) is 18.7 Å². The first kappa shape index (κ1) is 11.3. The largest absolute Gasteiger partial charge is 0.241 e. The Morgan fingerprint density at radius 1 is 1.16 bits per heavy atom. The third-order valence-corrected chi connectivity index (χ3v) is 5.68. The van der Waals surface area contributed by atoms with Crippen LogP contribution in [0.1, 0.15) is 22.7 Å². The average Bonchev–Trinajstić information content (AvgIpc) is 3.09. The fourth-order valence-electron chi connectivity index (χ4n) is 2.50. The highest BCUT2D eigenvalue weighted by Gasteiger charge is 2.26. The molecule has 0 unspecified atom stereocenters. The van der Waals surface area contributed by atoms with Crippen LogP contribution in [0, 0.1) is 0 Å². The van der Waals surface area contributed by atoms with E-state index in [0.717, 1.165) is 5.75 Å². The van der Waals surface area contributed by atoms with E-state index in [2.05, 4.69) is 45.8 Å². The van der Waals surface area contributed by atoms with E-state index in [4.69, 9.17) is 0 Å². The first-order valence-corrected chi connectivity index (χ1v) is 7.92. The maximum Gasteiger partial charge on any atom is 0.137 e. The van der Waals surface area contributed by atoms with Crippen LogP contribution in [-0.4, -0.2) is 14.8 Å². The minimum atomic E-state index is 0.148. The van der Waals surface area contributed by atoms with Crippen LogP contribution in [-0.2, 0) is 5.75 Å². The van der Waals surface area contributed by atoms with Crippen LogP contribution in [0.2, 0.25) is 0 Å². The van der Waals surface area contributed by atoms with E-state index in [1.165, 1.54) is 20.9 Å². The Kier molecular flexibility index (Phi) is 2.67. The van der Waals surface area contributed by atoms with Gasteiger partial charge in [0.25, 0.3) is 0 Å². The van der Waals surface area contributed by atoms with Gasteiger partial charge in [0, 0.05) is 11.3 Å². The summed E-state index contributed by atoms with van der Waals surface area (Å²) in [6.45, 7) is 0. The first-order chi connectivity index (χ1) is 9.43. The molecule has 4 rings (SSSR count). The SMILES string of the molecule is c1ccc2c(c1)CSc1sccc1[C@@H]2n1cncn1. The lowest BCUT2D eigenvalue weighted by atomic mass is 9.97. The number of aromatic nitrogens is 3. The van der Waals surface area contributed by atoms with Gasteiger partial charge in [-0.25, -0.2) is 9.67 Å². The van der Waals surface area contributed by atoms with Crippen molar-refractivity contribution in [3.8, 4) is 0 Å². The topological polar surface area (TPSA) is 30.7 Å². The predicted octanol–water partition coefficient (Wildman–Crippen LogP) is 3.58. The molecule has 5 heteroatoms. The summed E-state index contributed by atoms with van der Waals surface area (Å²) in [6.07, 6.45) is 3.41. The van der Waals surface area contributed by atoms with Crippen molar-refractivity contribution >= 4 is 23.1 Å². The molecule has 0 aliphatic carbocycles. The van der Waals surface area contributed by atoms with Crippen molar-refractivity contribution in [3.05, 3.63) is 65.1 Å². The maximum atomic E-state index is 4.36. The maximum absolute atomic E-state index is 4.36. The molecule has 0 spiro atoms. The van der Waals surface area contributed by atoms with Gasteiger partial charge >= 0.3 is 0 Å². The summed E-state index contributed by atoms with van der Waals surface area (Å²) in [7, 11) is 0. The molecule has 19 heavy (non-hydrogen) atoms. The third kappa shape index (κ3) is 1.81. The van der Waals surface area contributed by atoms with E-state index < -0.39 is 0 Å². The number of hydrogen-bond donors (Lipinski definition) is 0. The normalized spacial score (nSPS) is 17.6. The minimum absolute atomic E-state index is 0.148. The van der Waals surface area contributed by atoms with Gasteiger partial charge in [-0.05, 0) is 22.6 Å². The minimum Gasteiger partial charge on any atom is -0.241 e. The summed E-state index contributed by atoms with van der Waals surface area (Å²) in [5.74, 6) is 1.02. The molecule has 1 aliphatic rings. The van der Waals surface area contributed by atoms with E-state index >= 15 is 0 Å². The highest BCUT2D eigenvalue weighted by Crippen LogP contribution is 2.43. The smallest absolute Gasteiger partial charge is 0.137 e. The lowest BCUT2D eigenvalue weighted by Gasteiger charge is -2.18. The number of fused-ring (bicyclic) bond motifs is 2. The molecule has 94 valence electrons. The van der Waals surface area contributed by atoms with Gasteiger partial charge in [0.05, 0.1) is 4.21 Å². The van der Waals surface area contributed by atoms with Gasteiger partial charge in [0.15, 0.2) is 0 Å². The van der Waals surface area contributed by atoms with Crippen molar-refractivity contribution in [1.29, 1.82) is 0 Å². The second kappa shape index (κ2) is 4.51. The molecule has 1 atom stereocenters. The number of thiophene rings is 1. The van der Waals surface area contributed by atoms with E-state index in [1.807, 2.05) is 27.8 Å². The van der Waals surface area contributed by atoms with Crippen molar-refractivity contribution in [2.45, 2.75) is 16.0 Å². The summed E-state index contributed by atoms with van der Waals surface area (Å²) in [5, 5.41) is 6.52. The van der Waals surface area contributed by atoms with Crippen LogP contribution in [0.5, 0.6) is 0 Å². The molecule has 0 amide bonds. The zero-order valence-corrected chi connectivity index (χ0v) is 11.7. The number of thioether (sulfide) groups is 1. The van der Waals surface area contributed by atoms with Gasteiger partial charge in [0.2, 0.25) is 0 Å². The molecule has 0 bridgehead atoms. The molecule has 3 heterocycles. The van der Waals surface area contributed by atoms with Crippen LogP contribution in [0.25, 0.3) is 0 Å². The number of benzene rings is 1. The Hall–Kier alpha value is -1.59. The summed E-state index contributed by atoms with van der Waals surface area (Å²) in [5.41, 5.74) is 4.06. The van der Waals surface area contributed by atoms with Crippen molar-refractivity contribution in [2.24, 2.45) is 0 Å². The van der Waals surface area contributed by atoms with Crippen molar-refractivity contribution in [1.82, 2.24) is 14.8 Å². The number of nitrogens with zero attached hydrogens (tertiary/aromatic N) is 3. The molecule has 0 saturated carbocycles. The average molecular weight is 285 g/mol. The highest BCUT2D eigenvalue weighted by molar-refractivity contribution is 8.00. The number of rotatable bonds is 1. The Bertz CT molecular complexity index is 703. The van der Waals surface area contributed by atoms with E-state index in [0.29, 0.717) is 0 Å². The summed E-state index contributed by atoms with van der Waals surface area (Å²) >= 11 is 3.73. The standard InChI is InChI=1S/C14H11N3S2/c1-2-4-11-10(3-1)7-19-14-12(5-6-18-14)13(11)17-9-15-8-16-17/h1-6,8-9,13H,7H2/t13-/m1/s1. The first-order valence-electron chi connectivity index (χ1n) is 6.05. The fraction of sp³-hybridized carbons (Fsp3) is 0.143. The lowest BCUT2D eigenvalue weighted by molar-refractivity contribution is 0.588. The Labute approximate surface area is 119 Å². The zero-order valence-electron chi connectivity index (χ0n) is 10.1. The fourth-order valence-corrected chi connectivity index (χ4v) is 4.67. The molecule has 3 nitrogen and oxygen atoms in total. The summed E-state index contributed by atoms with van der Waals surface area (Å²) < 4.78 is 3.34. The highest BCUT2D eigenvalue weighted by atomic mass is 32.2. The van der Waals surface area contributed by atoms with Crippen molar-refractivity contribution < 1.29 is 0 Å². The van der Waals surface area contributed by atoms with E-state index in [-0.39, 0.29) is 6.04 Å². The van der Waals surface area contributed by atoms with E-state index in [9.17, 15) is 0 Å². The van der Waals surface area contributed by atoms with Crippen LogP contribution in [0.3, 0.4) is 0 Å². The van der Waals surface area contributed by atoms with Crippen molar-refractivity contribution in [2.75, 3.05) is 0 Å².